The summed E-state index contributed by atoms with van der Waals surface area (Å²) in [5.41, 5.74) is 2.26. The summed E-state index contributed by atoms with van der Waals surface area (Å²) in [5, 5.41) is 0.615. The number of carbonyl (C=O) groups excluding carboxylic acids is 2. The van der Waals surface area contributed by atoms with Gasteiger partial charge in [0.1, 0.15) is 28.4 Å². The first-order chi connectivity index (χ1) is 12.9. The number of hydrogen-bond acceptors (Lipinski definition) is 9. The maximum absolute atomic E-state index is 11.9. The van der Waals surface area contributed by atoms with E-state index in [9.17, 15) is 9.59 Å². The highest BCUT2D eigenvalue weighted by Crippen LogP contribution is 2.31. The molecule has 0 N–H and O–H groups in total. The minimum absolute atomic E-state index is 0.129. The number of methoxy groups -OCH3 is 2. The van der Waals surface area contributed by atoms with Crippen LogP contribution in [0.4, 0.5) is 0 Å². The van der Waals surface area contributed by atoms with Crippen molar-refractivity contribution in [3.8, 4) is 11.4 Å². The van der Waals surface area contributed by atoms with Crippen molar-refractivity contribution in [2.75, 3.05) is 20.0 Å². The summed E-state index contributed by atoms with van der Waals surface area (Å²) in [5.74, 6) is -0.130. The van der Waals surface area contributed by atoms with Crippen LogP contribution in [-0.2, 0) is 14.3 Å². The van der Waals surface area contributed by atoms with E-state index in [0.29, 0.717) is 39.2 Å². The Morgan fingerprint density at radius 1 is 1.26 bits per heavy atom. The molecule has 0 saturated carbocycles. The molecule has 0 saturated heterocycles. The topological polar surface area (TPSA) is 104 Å². The van der Waals surface area contributed by atoms with Gasteiger partial charge in [-0.1, -0.05) is 6.58 Å². The number of pyridine rings is 1. The van der Waals surface area contributed by atoms with E-state index in [0.717, 1.165) is 0 Å². The van der Waals surface area contributed by atoms with Crippen molar-refractivity contribution in [2.45, 2.75) is 13.0 Å². The average molecular weight is 387 g/mol. The third kappa shape index (κ3) is 3.77. The lowest BCUT2D eigenvalue weighted by atomic mass is 10.1. The molecule has 0 spiro atoms. The lowest BCUT2D eigenvalue weighted by molar-refractivity contribution is -0.141. The van der Waals surface area contributed by atoms with Crippen LogP contribution in [0.1, 0.15) is 28.9 Å². The number of aromatic nitrogens is 2. The normalized spacial score (nSPS) is 16.0. The number of esters is 2. The molecule has 1 atom stereocenters. The molecule has 27 heavy (non-hydrogen) atoms. The Bertz CT molecular complexity index is 950. The van der Waals surface area contributed by atoms with Gasteiger partial charge in [-0.2, -0.15) is 0 Å². The summed E-state index contributed by atoms with van der Waals surface area (Å²) in [6.07, 6.45) is 1.44. The fourth-order valence-corrected chi connectivity index (χ4v) is 3.45. The minimum atomic E-state index is -0.577. The van der Waals surface area contributed by atoms with Gasteiger partial charge in [-0.25, -0.2) is 19.6 Å². The molecule has 140 valence electrons. The third-order valence-electron chi connectivity index (χ3n) is 3.76. The zero-order chi connectivity index (χ0) is 19.6. The van der Waals surface area contributed by atoms with Crippen LogP contribution in [0, 0.1) is 0 Å². The van der Waals surface area contributed by atoms with Gasteiger partial charge in [-0.05, 0) is 19.1 Å². The molecule has 0 unspecified atom stereocenters. The van der Waals surface area contributed by atoms with Crippen LogP contribution >= 0.6 is 11.8 Å². The molecule has 3 heterocycles. The molecule has 9 heteroatoms. The molecular formula is C18H17N3O5S. The van der Waals surface area contributed by atoms with Crippen LogP contribution < -0.4 is 0 Å². The number of hydrogen-bond donors (Lipinski definition) is 0. The van der Waals surface area contributed by atoms with Crippen molar-refractivity contribution >= 4 is 34.3 Å². The van der Waals surface area contributed by atoms with Crippen LogP contribution in [-0.4, -0.2) is 53.0 Å². The van der Waals surface area contributed by atoms with Gasteiger partial charge in [-0.3, -0.25) is 4.99 Å². The molecule has 1 aliphatic heterocycles. The molecule has 0 fully saturated rings. The van der Waals surface area contributed by atoms with Crippen LogP contribution in [0.25, 0.3) is 17.0 Å². The second-order valence-electron chi connectivity index (χ2n) is 5.69. The number of oxazole rings is 1. The van der Waals surface area contributed by atoms with Gasteiger partial charge in [-0.15, -0.1) is 11.8 Å². The fraction of sp³-hybridized carbons (Fsp3) is 0.278. The highest BCUT2D eigenvalue weighted by Gasteiger charge is 2.29. The van der Waals surface area contributed by atoms with E-state index in [-0.39, 0.29) is 5.69 Å². The zero-order valence-electron chi connectivity index (χ0n) is 15.0. The highest BCUT2D eigenvalue weighted by atomic mass is 32.2. The molecule has 8 nitrogen and oxygen atoms in total. The summed E-state index contributed by atoms with van der Waals surface area (Å²) in [6, 6.07) is 2.67. The predicted octanol–water partition coefficient (Wildman–Crippen LogP) is 2.59. The number of rotatable bonds is 5. The Morgan fingerprint density at radius 2 is 2.04 bits per heavy atom. The van der Waals surface area contributed by atoms with Crippen LogP contribution in [0.15, 0.2) is 34.4 Å². The van der Waals surface area contributed by atoms with Gasteiger partial charge >= 0.3 is 11.9 Å². The first-order valence-electron chi connectivity index (χ1n) is 7.94. The van der Waals surface area contributed by atoms with Gasteiger partial charge in [0.2, 0.25) is 5.89 Å². The molecular weight excluding hydrogens is 370 g/mol. The second kappa shape index (κ2) is 7.75. The number of thioether (sulfide) groups is 1. The first kappa shape index (κ1) is 18.8. The molecule has 3 rings (SSSR count). The monoisotopic (exact) mass is 387 g/mol. The van der Waals surface area contributed by atoms with Gasteiger partial charge in [0.05, 0.1) is 14.2 Å². The number of carbonyl (C=O) groups is 2. The third-order valence-corrected chi connectivity index (χ3v) is 4.84. The summed E-state index contributed by atoms with van der Waals surface area (Å²) < 4.78 is 14.9. The highest BCUT2D eigenvalue weighted by molar-refractivity contribution is 8.14. The maximum Gasteiger partial charge on any atom is 0.356 e. The Balaban J connectivity index is 2.09. The van der Waals surface area contributed by atoms with Crippen LogP contribution in [0.2, 0.25) is 0 Å². The molecule has 0 aromatic carbocycles. The predicted molar refractivity (Wildman–Crippen MR) is 101 cm³/mol. The van der Waals surface area contributed by atoms with E-state index in [4.69, 9.17) is 13.9 Å². The van der Waals surface area contributed by atoms with Crippen molar-refractivity contribution in [2.24, 2.45) is 4.99 Å². The zero-order valence-corrected chi connectivity index (χ0v) is 15.8. The van der Waals surface area contributed by atoms with Gasteiger partial charge < -0.3 is 13.9 Å². The van der Waals surface area contributed by atoms with Crippen LogP contribution in [0.5, 0.6) is 0 Å². The average Bonchev–Trinajstić information content (AvgIpc) is 3.36. The Labute approximate surface area is 159 Å². The van der Waals surface area contributed by atoms with Crippen molar-refractivity contribution in [3.63, 3.8) is 0 Å². The smallest absolute Gasteiger partial charge is 0.356 e. The number of nitrogens with zero attached hydrogens (tertiary/aromatic N) is 3. The second-order valence-corrected chi connectivity index (χ2v) is 6.70. The molecule has 0 aliphatic carbocycles. The van der Waals surface area contributed by atoms with E-state index >= 15 is 0 Å². The van der Waals surface area contributed by atoms with Crippen molar-refractivity contribution in [1.82, 2.24) is 9.97 Å². The lowest BCUT2D eigenvalue weighted by Gasteiger charge is -2.08. The fourth-order valence-electron chi connectivity index (χ4n) is 2.40. The van der Waals surface area contributed by atoms with Crippen molar-refractivity contribution in [3.05, 3.63) is 42.1 Å². The molecule has 0 bridgehead atoms. The van der Waals surface area contributed by atoms with E-state index in [2.05, 4.69) is 21.5 Å². The largest absolute Gasteiger partial charge is 0.467 e. The van der Waals surface area contributed by atoms with E-state index in [1.165, 1.54) is 32.2 Å². The number of allylic oxidation sites excluding steroid dienone is 1. The minimum Gasteiger partial charge on any atom is -0.467 e. The van der Waals surface area contributed by atoms with E-state index in [1.807, 2.05) is 0 Å². The summed E-state index contributed by atoms with van der Waals surface area (Å²) in [7, 11) is 2.61. The summed E-state index contributed by atoms with van der Waals surface area (Å²) >= 11 is 1.41. The molecule has 1 aliphatic rings. The molecule has 2 aromatic rings. The van der Waals surface area contributed by atoms with Crippen molar-refractivity contribution in [1.29, 1.82) is 0 Å². The summed E-state index contributed by atoms with van der Waals surface area (Å²) in [4.78, 5) is 36.8. The first-order valence-corrected chi connectivity index (χ1v) is 8.93. The Kier molecular flexibility index (Phi) is 5.41. The standard InChI is InChI=1S/C18H17N3O5S/c1-9(2)15-20-12(7-26-15)14-10(5-6-11(19-14)17(22)24-3)16-21-13(8-27-16)18(23)25-4/h5-7,13H,1,8H2,2-4H3/t13-/m0/s1. The molecule has 2 aromatic heterocycles. The van der Waals surface area contributed by atoms with Gasteiger partial charge in [0.15, 0.2) is 6.04 Å². The van der Waals surface area contributed by atoms with Crippen molar-refractivity contribution < 1.29 is 23.5 Å². The molecule has 0 amide bonds. The lowest BCUT2D eigenvalue weighted by Crippen LogP contribution is -2.19. The SMILES string of the molecule is C=C(C)c1nc(-c2nc(C(=O)OC)ccc2C2=N[C@H](C(=O)OC)CS2)co1. The number of aliphatic imine (C=N–C) groups is 1. The van der Waals surface area contributed by atoms with Gasteiger partial charge in [0, 0.05) is 16.9 Å². The Hall–Kier alpha value is -2.94. The van der Waals surface area contributed by atoms with Crippen LogP contribution in [0.3, 0.4) is 0 Å². The quantitative estimate of drug-likeness (QED) is 0.721. The number of ether oxygens (including phenoxy) is 2. The Morgan fingerprint density at radius 3 is 2.67 bits per heavy atom. The molecule has 0 radical (unpaired) electrons. The summed E-state index contributed by atoms with van der Waals surface area (Å²) in [6.45, 7) is 5.57. The maximum atomic E-state index is 11.9. The van der Waals surface area contributed by atoms with E-state index in [1.54, 1.807) is 19.1 Å². The van der Waals surface area contributed by atoms with Gasteiger partial charge in [0.25, 0.3) is 0 Å². The van der Waals surface area contributed by atoms with E-state index < -0.39 is 18.0 Å².